The predicted octanol–water partition coefficient (Wildman–Crippen LogP) is 4.05. The summed E-state index contributed by atoms with van der Waals surface area (Å²) in [5.74, 6) is 0. The summed E-state index contributed by atoms with van der Waals surface area (Å²) in [5.41, 5.74) is 21.6. The van der Waals surface area contributed by atoms with Gasteiger partial charge in [0.1, 0.15) is 0 Å². The van der Waals surface area contributed by atoms with Gasteiger partial charge >= 0.3 is 0 Å². The van der Waals surface area contributed by atoms with E-state index in [0.29, 0.717) is 0 Å². The molecule has 4 nitrogen and oxygen atoms in total. The highest BCUT2D eigenvalue weighted by Gasteiger charge is 1.91. The van der Waals surface area contributed by atoms with Gasteiger partial charge in [-0.2, -0.15) is 0 Å². The van der Waals surface area contributed by atoms with Crippen molar-refractivity contribution in [3.8, 4) is 0 Å². The number of rotatable bonds is 18. The van der Waals surface area contributed by atoms with Gasteiger partial charge in [-0.15, -0.1) is 0 Å². The van der Waals surface area contributed by atoms with Crippen molar-refractivity contribution in [2.24, 2.45) is 22.9 Å². The first-order valence-electron chi connectivity index (χ1n) is 10.6. The van der Waals surface area contributed by atoms with Gasteiger partial charge in [0.05, 0.1) is 0 Å². The third-order valence-corrected chi connectivity index (χ3v) is 4.32. The molecule has 0 rings (SSSR count). The Kier molecular flexibility index (Phi) is 30.1. The van der Waals surface area contributed by atoms with Crippen LogP contribution in [0.25, 0.3) is 0 Å². The van der Waals surface area contributed by atoms with Gasteiger partial charge in [0.25, 0.3) is 0 Å². The van der Waals surface area contributed by atoms with Gasteiger partial charge in [-0.05, 0) is 51.9 Å². The Hall–Kier alpha value is -0.160. The zero-order valence-corrected chi connectivity index (χ0v) is 16.5. The average Bonchev–Trinajstić information content (AvgIpc) is 2.60. The van der Waals surface area contributed by atoms with Crippen LogP contribution in [0.4, 0.5) is 0 Å². The third kappa shape index (κ3) is 29.8. The highest BCUT2D eigenvalue weighted by atomic mass is 14.5. The van der Waals surface area contributed by atoms with Crippen molar-refractivity contribution in [2.45, 2.75) is 103 Å². The van der Waals surface area contributed by atoms with E-state index in [9.17, 15) is 0 Å². The zero-order chi connectivity index (χ0) is 18.1. The van der Waals surface area contributed by atoms with Crippen LogP contribution in [0, 0.1) is 0 Å². The minimum atomic E-state index is 0.850. The minimum absolute atomic E-state index is 0.850. The van der Waals surface area contributed by atoms with E-state index >= 15 is 0 Å². The van der Waals surface area contributed by atoms with Crippen molar-refractivity contribution in [1.29, 1.82) is 0 Å². The fraction of sp³-hybridized carbons (Fsp3) is 1.00. The summed E-state index contributed by atoms with van der Waals surface area (Å²) in [6, 6.07) is 0. The van der Waals surface area contributed by atoms with E-state index in [4.69, 9.17) is 22.9 Å². The van der Waals surface area contributed by atoms with Crippen molar-refractivity contribution in [3.05, 3.63) is 0 Å². The fourth-order valence-electron chi connectivity index (χ4n) is 2.70. The fourth-order valence-corrected chi connectivity index (χ4v) is 2.70. The summed E-state index contributed by atoms with van der Waals surface area (Å²) >= 11 is 0. The Morgan fingerprint density at radius 3 is 0.458 bits per heavy atom. The molecule has 8 N–H and O–H groups in total. The van der Waals surface area contributed by atoms with Gasteiger partial charge in [0.15, 0.2) is 0 Å². The Morgan fingerprint density at radius 1 is 0.208 bits per heavy atom. The predicted molar refractivity (Wildman–Crippen MR) is 110 cm³/mol. The standard InChI is InChI=1S/C11H26N2.C9H22N2/c12-10-8-6-4-2-1-3-5-7-9-11-13;10-8-6-4-2-1-3-5-7-9-11/h1-13H2;1-11H2. The summed E-state index contributed by atoms with van der Waals surface area (Å²) in [5, 5.41) is 0. The third-order valence-electron chi connectivity index (χ3n) is 4.32. The van der Waals surface area contributed by atoms with E-state index in [-0.39, 0.29) is 0 Å². The Bertz CT molecular complexity index is 170. The van der Waals surface area contributed by atoms with Crippen LogP contribution < -0.4 is 22.9 Å². The van der Waals surface area contributed by atoms with Crippen LogP contribution in [0.5, 0.6) is 0 Å². The molecule has 0 saturated carbocycles. The first-order chi connectivity index (χ1) is 11.8. The van der Waals surface area contributed by atoms with E-state index in [2.05, 4.69) is 0 Å². The van der Waals surface area contributed by atoms with Gasteiger partial charge in [0.2, 0.25) is 0 Å². The topological polar surface area (TPSA) is 104 Å². The summed E-state index contributed by atoms with van der Waals surface area (Å²) in [6.07, 6.45) is 21.0. The van der Waals surface area contributed by atoms with Crippen molar-refractivity contribution in [3.63, 3.8) is 0 Å². The second kappa shape index (κ2) is 27.7. The van der Waals surface area contributed by atoms with E-state index in [1.54, 1.807) is 0 Å². The SMILES string of the molecule is NCCCCCCCCCCCN.NCCCCCCCCCN. The lowest BCUT2D eigenvalue weighted by Crippen LogP contribution is -1.98. The molecule has 4 heteroatoms. The van der Waals surface area contributed by atoms with Crippen LogP contribution in [0.3, 0.4) is 0 Å². The number of hydrogen-bond donors (Lipinski definition) is 4. The minimum Gasteiger partial charge on any atom is -0.330 e. The first kappa shape index (κ1) is 26.1. The molecular formula is C20H48N4. The maximum absolute atomic E-state index is 5.41. The molecule has 148 valence electrons. The monoisotopic (exact) mass is 344 g/mol. The van der Waals surface area contributed by atoms with Crippen LogP contribution in [-0.4, -0.2) is 26.2 Å². The molecule has 0 amide bonds. The van der Waals surface area contributed by atoms with Crippen molar-refractivity contribution < 1.29 is 0 Å². The maximum Gasteiger partial charge on any atom is -0.00773 e. The zero-order valence-electron chi connectivity index (χ0n) is 16.5. The van der Waals surface area contributed by atoms with E-state index in [1.165, 1.54) is 103 Å². The van der Waals surface area contributed by atoms with Crippen molar-refractivity contribution in [1.82, 2.24) is 0 Å². The molecular weight excluding hydrogens is 296 g/mol. The van der Waals surface area contributed by atoms with Crippen LogP contribution in [0.2, 0.25) is 0 Å². The van der Waals surface area contributed by atoms with Gasteiger partial charge in [-0.25, -0.2) is 0 Å². The number of nitrogens with two attached hydrogens (primary N) is 4. The van der Waals surface area contributed by atoms with E-state index in [0.717, 1.165) is 26.2 Å². The lowest BCUT2D eigenvalue weighted by molar-refractivity contribution is 0.562. The van der Waals surface area contributed by atoms with Gasteiger partial charge in [-0.3, -0.25) is 0 Å². The molecule has 0 aliphatic heterocycles. The van der Waals surface area contributed by atoms with Crippen LogP contribution in [0.15, 0.2) is 0 Å². The van der Waals surface area contributed by atoms with Gasteiger partial charge in [0, 0.05) is 0 Å². The van der Waals surface area contributed by atoms with E-state index in [1.807, 2.05) is 0 Å². The summed E-state index contributed by atoms with van der Waals surface area (Å²) in [6.45, 7) is 3.42. The largest absolute Gasteiger partial charge is 0.330 e. The van der Waals surface area contributed by atoms with Gasteiger partial charge in [-0.1, -0.05) is 77.0 Å². The van der Waals surface area contributed by atoms with Crippen LogP contribution in [-0.2, 0) is 0 Å². The molecule has 24 heavy (non-hydrogen) atoms. The second-order valence-corrected chi connectivity index (χ2v) is 6.81. The molecule has 0 heterocycles. The summed E-state index contributed by atoms with van der Waals surface area (Å²) in [4.78, 5) is 0. The summed E-state index contributed by atoms with van der Waals surface area (Å²) < 4.78 is 0. The van der Waals surface area contributed by atoms with Gasteiger partial charge < -0.3 is 22.9 Å². The molecule has 0 aromatic rings. The molecule has 0 bridgehead atoms. The Balaban J connectivity index is 0. The molecule has 0 unspecified atom stereocenters. The highest BCUT2D eigenvalue weighted by Crippen LogP contribution is 2.09. The van der Waals surface area contributed by atoms with E-state index < -0.39 is 0 Å². The normalized spacial score (nSPS) is 10.5. The molecule has 0 atom stereocenters. The van der Waals surface area contributed by atoms with Crippen molar-refractivity contribution in [2.75, 3.05) is 26.2 Å². The molecule has 0 saturated heterocycles. The van der Waals surface area contributed by atoms with Crippen molar-refractivity contribution >= 4 is 0 Å². The maximum atomic E-state index is 5.41. The molecule has 0 aromatic carbocycles. The lowest BCUT2D eigenvalue weighted by atomic mass is 10.1. The molecule has 0 fully saturated rings. The molecule has 0 aliphatic carbocycles. The molecule has 0 radical (unpaired) electrons. The number of hydrogen-bond acceptors (Lipinski definition) is 4. The van der Waals surface area contributed by atoms with Crippen LogP contribution in [0.1, 0.15) is 103 Å². The second-order valence-electron chi connectivity index (χ2n) is 6.81. The number of unbranched alkanes of at least 4 members (excludes halogenated alkanes) is 14. The quantitative estimate of drug-likeness (QED) is 0.281. The lowest BCUT2D eigenvalue weighted by Gasteiger charge is -2.00. The average molecular weight is 345 g/mol. The first-order valence-corrected chi connectivity index (χ1v) is 10.6. The Morgan fingerprint density at radius 2 is 0.333 bits per heavy atom. The van der Waals surface area contributed by atoms with Crippen LogP contribution >= 0.6 is 0 Å². The Labute approximate surface area is 152 Å². The molecule has 0 spiro atoms. The highest BCUT2D eigenvalue weighted by molar-refractivity contribution is 4.48. The smallest absolute Gasteiger partial charge is 0.00773 e. The molecule has 0 aliphatic rings. The summed E-state index contributed by atoms with van der Waals surface area (Å²) in [7, 11) is 0. The molecule has 0 aromatic heterocycles.